The Morgan fingerprint density at radius 3 is 2.67 bits per heavy atom. The van der Waals surface area contributed by atoms with Crippen LogP contribution in [0.25, 0.3) is 0 Å². The second-order valence-corrected chi connectivity index (χ2v) is 5.20. The summed E-state index contributed by atoms with van der Waals surface area (Å²) in [5, 5.41) is 3.38. The minimum atomic E-state index is -0.190. The van der Waals surface area contributed by atoms with Crippen LogP contribution in [-0.2, 0) is 6.54 Å². The summed E-state index contributed by atoms with van der Waals surface area (Å²) in [5.74, 6) is -0.190. The van der Waals surface area contributed by atoms with Gasteiger partial charge in [-0.1, -0.05) is 40.2 Å². The molecule has 1 atom stereocenters. The van der Waals surface area contributed by atoms with Crippen molar-refractivity contribution in [2.75, 3.05) is 0 Å². The van der Waals surface area contributed by atoms with Crippen LogP contribution in [0, 0.1) is 5.82 Å². The van der Waals surface area contributed by atoms with E-state index >= 15 is 0 Å². The van der Waals surface area contributed by atoms with E-state index in [4.69, 9.17) is 0 Å². The maximum Gasteiger partial charge on any atom is 0.123 e. The third kappa shape index (κ3) is 3.65. The minimum absolute atomic E-state index is 0.190. The zero-order valence-corrected chi connectivity index (χ0v) is 11.7. The normalized spacial score (nSPS) is 12.4. The second kappa shape index (κ2) is 6.12. The molecule has 0 fully saturated rings. The molecule has 0 aliphatic heterocycles. The predicted molar refractivity (Wildman–Crippen MR) is 75.8 cm³/mol. The summed E-state index contributed by atoms with van der Waals surface area (Å²) in [6.07, 6.45) is 0. The highest BCUT2D eigenvalue weighted by Gasteiger charge is 2.05. The molecule has 0 unspecified atom stereocenters. The van der Waals surface area contributed by atoms with E-state index in [1.807, 2.05) is 18.2 Å². The van der Waals surface area contributed by atoms with Crippen molar-refractivity contribution in [2.24, 2.45) is 0 Å². The minimum Gasteiger partial charge on any atom is -0.306 e. The Hall–Kier alpha value is -1.19. The molecule has 94 valence electrons. The Bertz CT molecular complexity index is 527. The van der Waals surface area contributed by atoms with Crippen molar-refractivity contribution >= 4 is 15.9 Å². The van der Waals surface area contributed by atoms with Gasteiger partial charge in [-0.05, 0) is 42.3 Å². The molecule has 0 saturated carbocycles. The van der Waals surface area contributed by atoms with Gasteiger partial charge in [0.1, 0.15) is 5.82 Å². The third-order valence-electron chi connectivity index (χ3n) is 2.85. The fourth-order valence-corrected chi connectivity index (χ4v) is 2.23. The lowest BCUT2D eigenvalue weighted by molar-refractivity contribution is 0.569. The highest BCUT2D eigenvalue weighted by Crippen LogP contribution is 2.18. The van der Waals surface area contributed by atoms with E-state index in [1.54, 1.807) is 12.1 Å². The molecule has 1 nitrogen and oxygen atoms in total. The lowest BCUT2D eigenvalue weighted by atomic mass is 10.1. The quantitative estimate of drug-likeness (QED) is 0.880. The summed E-state index contributed by atoms with van der Waals surface area (Å²) in [7, 11) is 0. The van der Waals surface area contributed by atoms with Crippen molar-refractivity contribution < 1.29 is 4.39 Å². The molecule has 0 bridgehead atoms. The van der Waals surface area contributed by atoms with Crippen molar-refractivity contribution in [3.05, 3.63) is 69.9 Å². The molecule has 0 aliphatic carbocycles. The molecule has 2 rings (SSSR count). The third-order valence-corrected chi connectivity index (χ3v) is 3.34. The molecule has 0 spiro atoms. The highest BCUT2D eigenvalue weighted by molar-refractivity contribution is 9.10. The van der Waals surface area contributed by atoms with Crippen molar-refractivity contribution in [1.29, 1.82) is 0 Å². The van der Waals surface area contributed by atoms with E-state index in [9.17, 15) is 4.39 Å². The molecule has 0 radical (unpaired) electrons. The number of halogens is 2. The molecule has 18 heavy (non-hydrogen) atoms. The van der Waals surface area contributed by atoms with E-state index in [0.29, 0.717) is 6.54 Å². The summed E-state index contributed by atoms with van der Waals surface area (Å²) in [4.78, 5) is 0. The maximum atomic E-state index is 13.0. The standard InChI is InChI=1S/C15H15BrFN/c1-11(13-5-3-6-14(16)9-13)18-10-12-4-2-7-15(17)8-12/h2-9,11,18H,10H2,1H3/t11-/m1/s1. The first-order valence-corrected chi connectivity index (χ1v) is 6.68. The van der Waals surface area contributed by atoms with E-state index in [-0.39, 0.29) is 11.9 Å². The lowest BCUT2D eigenvalue weighted by Crippen LogP contribution is -2.18. The second-order valence-electron chi connectivity index (χ2n) is 4.29. The monoisotopic (exact) mass is 307 g/mol. The van der Waals surface area contributed by atoms with E-state index < -0.39 is 0 Å². The van der Waals surface area contributed by atoms with Gasteiger partial charge in [-0.3, -0.25) is 0 Å². The number of rotatable bonds is 4. The number of benzene rings is 2. The topological polar surface area (TPSA) is 12.0 Å². The van der Waals surface area contributed by atoms with Crippen LogP contribution in [-0.4, -0.2) is 0 Å². The number of hydrogen-bond donors (Lipinski definition) is 1. The molecular formula is C15H15BrFN. The number of hydrogen-bond acceptors (Lipinski definition) is 1. The van der Waals surface area contributed by atoms with Crippen LogP contribution in [0.5, 0.6) is 0 Å². The Kier molecular flexibility index (Phi) is 4.50. The van der Waals surface area contributed by atoms with Crippen molar-refractivity contribution in [2.45, 2.75) is 19.5 Å². The molecule has 2 aromatic rings. The van der Waals surface area contributed by atoms with Gasteiger partial charge in [0, 0.05) is 17.1 Å². The average Bonchev–Trinajstić information content (AvgIpc) is 2.36. The van der Waals surface area contributed by atoms with Crippen LogP contribution < -0.4 is 5.32 Å². The lowest BCUT2D eigenvalue weighted by Gasteiger charge is -2.14. The van der Waals surface area contributed by atoms with Crippen molar-refractivity contribution in [3.8, 4) is 0 Å². The molecule has 0 heterocycles. The SMILES string of the molecule is C[C@@H](NCc1cccc(F)c1)c1cccc(Br)c1. The summed E-state index contributed by atoms with van der Waals surface area (Å²) in [6.45, 7) is 2.76. The number of nitrogens with one attached hydrogen (secondary N) is 1. The van der Waals surface area contributed by atoms with Crippen LogP contribution in [0.1, 0.15) is 24.1 Å². The van der Waals surface area contributed by atoms with Crippen LogP contribution >= 0.6 is 15.9 Å². The van der Waals surface area contributed by atoms with Crippen LogP contribution in [0.15, 0.2) is 53.0 Å². The van der Waals surface area contributed by atoms with Gasteiger partial charge in [-0.15, -0.1) is 0 Å². The summed E-state index contributed by atoms with van der Waals surface area (Å²) < 4.78 is 14.1. The molecule has 0 saturated heterocycles. The fourth-order valence-electron chi connectivity index (χ4n) is 1.81. The van der Waals surface area contributed by atoms with Gasteiger partial charge in [0.05, 0.1) is 0 Å². The summed E-state index contributed by atoms with van der Waals surface area (Å²) in [6, 6.07) is 15.1. The molecule has 3 heteroatoms. The van der Waals surface area contributed by atoms with Crippen LogP contribution in [0.2, 0.25) is 0 Å². The Labute approximate surface area is 115 Å². The Morgan fingerprint density at radius 2 is 1.94 bits per heavy atom. The largest absolute Gasteiger partial charge is 0.306 e. The van der Waals surface area contributed by atoms with E-state index in [1.165, 1.54) is 11.6 Å². The van der Waals surface area contributed by atoms with Gasteiger partial charge < -0.3 is 5.32 Å². The molecule has 1 N–H and O–H groups in total. The highest BCUT2D eigenvalue weighted by atomic mass is 79.9. The average molecular weight is 308 g/mol. The van der Waals surface area contributed by atoms with Gasteiger partial charge in [0.2, 0.25) is 0 Å². The maximum absolute atomic E-state index is 13.0. The van der Waals surface area contributed by atoms with E-state index in [0.717, 1.165) is 10.0 Å². The van der Waals surface area contributed by atoms with Gasteiger partial charge in [0.25, 0.3) is 0 Å². The van der Waals surface area contributed by atoms with Crippen LogP contribution in [0.3, 0.4) is 0 Å². The van der Waals surface area contributed by atoms with Crippen molar-refractivity contribution in [3.63, 3.8) is 0 Å². The predicted octanol–water partition coefficient (Wildman–Crippen LogP) is 4.44. The fraction of sp³-hybridized carbons (Fsp3) is 0.200. The van der Waals surface area contributed by atoms with Crippen molar-refractivity contribution in [1.82, 2.24) is 5.32 Å². The van der Waals surface area contributed by atoms with Gasteiger partial charge in [-0.2, -0.15) is 0 Å². The molecule has 0 aliphatic rings. The van der Waals surface area contributed by atoms with Gasteiger partial charge >= 0.3 is 0 Å². The molecule has 0 aromatic heterocycles. The molecular weight excluding hydrogens is 293 g/mol. The zero-order chi connectivity index (χ0) is 13.0. The van der Waals surface area contributed by atoms with Gasteiger partial charge in [-0.25, -0.2) is 4.39 Å². The summed E-state index contributed by atoms with van der Waals surface area (Å²) in [5.41, 5.74) is 2.16. The first kappa shape index (κ1) is 13.2. The smallest absolute Gasteiger partial charge is 0.123 e. The molecule has 0 amide bonds. The summed E-state index contributed by atoms with van der Waals surface area (Å²) >= 11 is 3.46. The zero-order valence-electron chi connectivity index (χ0n) is 10.2. The van der Waals surface area contributed by atoms with Gasteiger partial charge in [0.15, 0.2) is 0 Å². The van der Waals surface area contributed by atoms with E-state index in [2.05, 4.69) is 40.3 Å². The first-order valence-electron chi connectivity index (χ1n) is 5.88. The Morgan fingerprint density at radius 1 is 1.17 bits per heavy atom. The van der Waals surface area contributed by atoms with Crippen LogP contribution in [0.4, 0.5) is 4.39 Å². The molecule has 2 aromatic carbocycles. The first-order chi connectivity index (χ1) is 8.65. The Balaban J connectivity index is 1.98.